The molecule has 3 saturated heterocycles. The van der Waals surface area contributed by atoms with Gasteiger partial charge in [0.1, 0.15) is 11.6 Å². The largest absolute Gasteiger partial charge is 0.443 e. The first-order chi connectivity index (χ1) is 21.4. The lowest BCUT2D eigenvalue weighted by Crippen LogP contribution is -2.62. The van der Waals surface area contributed by atoms with Crippen LogP contribution >= 0.6 is 0 Å². The van der Waals surface area contributed by atoms with Gasteiger partial charge in [-0.1, -0.05) is 18.2 Å². The topological polar surface area (TPSA) is 129 Å². The summed E-state index contributed by atoms with van der Waals surface area (Å²) in [4.78, 5) is 43.0. The molecule has 1 aromatic heterocycles. The van der Waals surface area contributed by atoms with E-state index in [4.69, 9.17) is 9.15 Å². The minimum atomic E-state index is -4.56. The number of benzene rings is 2. The SMILES string of the molecule is O=C(NCC1CN(c2ccc(C(F)(F)F)cc2)C(=O)N(C2CCOCC2)C1=O)[C@@H]1CCCN1S(=O)(=O)c1cc2ccccc2o1. The molecule has 2 atom stereocenters. The molecule has 3 aliphatic rings. The predicted molar refractivity (Wildman–Crippen MR) is 155 cm³/mol. The van der Waals surface area contributed by atoms with E-state index in [-0.39, 0.29) is 36.8 Å². The lowest BCUT2D eigenvalue weighted by Gasteiger charge is -2.43. The van der Waals surface area contributed by atoms with Gasteiger partial charge in [0.2, 0.25) is 16.9 Å². The molecule has 0 saturated carbocycles. The molecule has 11 nitrogen and oxygen atoms in total. The average molecular weight is 649 g/mol. The van der Waals surface area contributed by atoms with Crippen molar-refractivity contribution >= 4 is 44.5 Å². The molecule has 3 fully saturated rings. The van der Waals surface area contributed by atoms with Crippen LogP contribution in [0.5, 0.6) is 0 Å². The zero-order valence-corrected chi connectivity index (χ0v) is 24.9. The molecule has 2 aromatic carbocycles. The number of amides is 4. The van der Waals surface area contributed by atoms with Gasteiger partial charge >= 0.3 is 12.2 Å². The highest BCUT2D eigenvalue weighted by Gasteiger charge is 2.45. The Bertz CT molecular complexity index is 1670. The molecule has 3 aromatic rings. The number of rotatable bonds is 7. The van der Waals surface area contributed by atoms with Crippen LogP contribution < -0.4 is 10.2 Å². The van der Waals surface area contributed by atoms with Crippen LogP contribution in [0, 0.1) is 5.92 Å². The number of nitrogens with one attached hydrogen (secondary N) is 1. The fourth-order valence-corrected chi connectivity index (χ4v) is 7.71. The third kappa shape index (κ3) is 6.03. The first-order valence-corrected chi connectivity index (χ1v) is 16.1. The molecule has 3 aliphatic heterocycles. The summed E-state index contributed by atoms with van der Waals surface area (Å²) in [5, 5.41) is 3.04. The van der Waals surface area contributed by atoms with Crippen molar-refractivity contribution in [3.05, 3.63) is 60.2 Å². The van der Waals surface area contributed by atoms with Gasteiger partial charge in [-0.3, -0.25) is 19.4 Å². The number of sulfonamides is 1. The number of carbonyl (C=O) groups excluding carboxylic acids is 3. The van der Waals surface area contributed by atoms with E-state index in [1.54, 1.807) is 24.3 Å². The van der Waals surface area contributed by atoms with Crippen molar-refractivity contribution in [1.82, 2.24) is 14.5 Å². The van der Waals surface area contributed by atoms with E-state index in [0.29, 0.717) is 43.4 Å². The van der Waals surface area contributed by atoms with E-state index >= 15 is 0 Å². The second kappa shape index (κ2) is 12.1. The number of imide groups is 1. The van der Waals surface area contributed by atoms with Gasteiger partial charge in [-0.25, -0.2) is 13.2 Å². The highest BCUT2D eigenvalue weighted by atomic mass is 32.2. The molecule has 6 rings (SSSR count). The minimum Gasteiger partial charge on any atom is -0.443 e. The molecular weight excluding hydrogens is 617 g/mol. The number of nitrogens with zero attached hydrogens (tertiary/aromatic N) is 3. The highest BCUT2D eigenvalue weighted by Crippen LogP contribution is 2.33. The van der Waals surface area contributed by atoms with Crippen LogP contribution in [-0.2, 0) is 30.5 Å². The van der Waals surface area contributed by atoms with Crippen LogP contribution in [0.1, 0.15) is 31.2 Å². The summed E-state index contributed by atoms with van der Waals surface area (Å²) in [5.41, 5.74) is -0.309. The third-order valence-corrected chi connectivity index (χ3v) is 10.2. The van der Waals surface area contributed by atoms with E-state index in [1.165, 1.54) is 23.1 Å². The number of para-hydroxylation sites is 1. The van der Waals surface area contributed by atoms with Gasteiger partial charge in [0.25, 0.3) is 10.0 Å². The highest BCUT2D eigenvalue weighted by molar-refractivity contribution is 7.89. The van der Waals surface area contributed by atoms with Gasteiger partial charge in [0.15, 0.2) is 0 Å². The van der Waals surface area contributed by atoms with E-state index in [1.807, 2.05) is 0 Å². The fraction of sp³-hybridized carbons (Fsp3) is 0.433. The number of carbonyl (C=O) groups is 3. The Kier molecular flexibility index (Phi) is 8.35. The Morgan fingerprint density at radius 3 is 2.40 bits per heavy atom. The van der Waals surface area contributed by atoms with Crippen LogP contribution in [0.15, 0.2) is 64.1 Å². The van der Waals surface area contributed by atoms with Crippen molar-refractivity contribution < 1.29 is 45.1 Å². The van der Waals surface area contributed by atoms with Crippen molar-refractivity contribution in [3.8, 4) is 0 Å². The summed E-state index contributed by atoms with van der Waals surface area (Å²) in [6.07, 6.45) is -3.07. The Labute approximate surface area is 256 Å². The molecule has 0 spiro atoms. The van der Waals surface area contributed by atoms with Gasteiger partial charge in [-0.2, -0.15) is 17.5 Å². The Hall–Kier alpha value is -3.95. The summed E-state index contributed by atoms with van der Waals surface area (Å²) >= 11 is 0. The van der Waals surface area contributed by atoms with Crippen molar-refractivity contribution in [2.24, 2.45) is 5.92 Å². The molecule has 240 valence electrons. The smallest absolute Gasteiger partial charge is 0.416 e. The number of fused-ring (bicyclic) bond motifs is 1. The zero-order chi connectivity index (χ0) is 31.9. The molecular formula is C30H31F3N4O7S. The lowest BCUT2D eigenvalue weighted by atomic mass is 9.99. The molecule has 0 bridgehead atoms. The molecule has 4 heterocycles. The van der Waals surface area contributed by atoms with Crippen LogP contribution in [-0.4, -0.2) is 80.4 Å². The molecule has 15 heteroatoms. The maximum atomic E-state index is 13.6. The van der Waals surface area contributed by atoms with Gasteiger partial charge < -0.3 is 14.5 Å². The van der Waals surface area contributed by atoms with E-state index < -0.39 is 57.6 Å². The van der Waals surface area contributed by atoms with Crippen LogP contribution in [0.3, 0.4) is 0 Å². The van der Waals surface area contributed by atoms with E-state index in [0.717, 1.165) is 21.3 Å². The number of hydrogen-bond donors (Lipinski definition) is 1. The first kappa shape index (κ1) is 31.0. The average Bonchev–Trinajstić information content (AvgIpc) is 3.70. The normalized spacial score (nSPS) is 22.4. The molecule has 0 aliphatic carbocycles. The van der Waals surface area contributed by atoms with Gasteiger partial charge in [-0.05, 0) is 56.0 Å². The monoisotopic (exact) mass is 648 g/mol. The van der Waals surface area contributed by atoms with Crippen molar-refractivity contribution in [1.29, 1.82) is 0 Å². The zero-order valence-electron chi connectivity index (χ0n) is 24.0. The number of alkyl halides is 3. The summed E-state index contributed by atoms with van der Waals surface area (Å²) in [6, 6.07) is 10.2. The van der Waals surface area contributed by atoms with Crippen molar-refractivity contribution in [2.45, 2.75) is 49.0 Å². The number of urea groups is 1. The molecule has 0 radical (unpaired) electrons. The lowest BCUT2D eigenvalue weighted by molar-refractivity contribution is -0.138. The van der Waals surface area contributed by atoms with Crippen molar-refractivity contribution in [2.75, 3.05) is 37.7 Å². The number of anilines is 1. The summed E-state index contributed by atoms with van der Waals surface area (Å²) in [5.74, 6) is -2.05. The molecule has 1 unspecified atom stereocenters. The Morgan fingerprint density at radius 1 is 1.00 bits per heavy atom. The minimum absolute atomic E-state index is 0.105. The van der Waals surface area contributed by atoms with Crippen LogP contribution in [0.2, 0.25) is 0 Å². The third-order valence-electron chi connectivity index (χ3n) is 8.48. The van der Waals surface area contributed by atoms with Crippen LogP contribution in [0.4, 0.5) is 23.7 Å². The second-order valence-corrected chi connectivity index (χ2v) is 13.1. The maximum Gasteiger partial charge on any atom is 0.416 e. The quantitative estimate of drug-likeness (QED) is 0.410. The standard InChI is InChI=1S/C30H31F3N4O7S/c31-30(32,33)21-7-9-22(10-8-21)35-18-20(28(39)37(29(35)40)23-11-14-43-15-12-23)17-34-27(38)24-5-3-13-36(24)45(41,42)26-16-19-4-1-2-6-25(19)44-26/h1-2,4,6-10,16,20,23-24H,3,5,11-15,17-18H2,(H,34,38)/t20?,24-/m0/s1. The molecule has 1 N–H and O–H groups in total. The van der Waals surface area contributed by atoms with Crippen molar-refractivity contribution in [3.63, 3.8) is 0 Å². The Balaban J connectivity index is 1.20. The number of halogens is 3. The fourth-order valence-electron chi connectivity index (χ4n) is 6.11. The second-order valence-electron chi connectivity index (χ2n) is 11.3. The number of furan rings is 1. The number of hydrogen-bond acceptors (Lipinski definition) is 7. The number of ether oxygens (including phenoxy) is 1. The van der Waals surface area contributed by atoms with Gasteiger partial charge in [0, 0.05) is 56.0 Å². The van der Waals surface area contributed by atoms with Gasteiger partial charge in [-0.15, -0.1) is 0 Å². The predicted octanol–water partition coefficient (Wildman–Crippen LogP) is 3.98. The van der Waals surface area contributed by atoms with E-state index in [9.17, 15) is 36.0 Å². The molecule has 4 amide bonds. The Morgan fingerprint density at radius 2 is 1.71 bits per heavy atom. The maximum absolute atomic E-state index is 13.6. The van der Waals surface area contributed by atoms with E-state index in [2.05, 4.69) is 5.32 Å². The summed E-state index contributed by atoms with van der Waals surface area (Å²) in [6.45, 7) is 0.375. The summed E-state index contributed by atoms with van der Waals surface area (Å²) < 4.78 is 78.5. The summed E-state index contributed by atoms with van der Waals surface area (Å²) in [7, 11) is -4.15. The molecule has 45 heavy (non-hydrogen) atoms. The first-order valence-electron chi connectivity index (χ1n) is 14.6. The van der Waals surface area contributed by atoms with Crippen LogP contribution in [0.25, 0.3) is 11.0 Å². The van der Waals surface area contributed by atoms with Gasteiger partial charge in [0.05, 0.1) is 11.5 Å².